The van der Waals surface area contributed by atoms with Gasteiger partial charge in [-0.05, 0) is 29.8 Å². The molecule has 11 heavy (non-hydrogen) atoms. The van der Waals surface area contributed by atoms with E-state index in [1.165, 1.54) is 37.2 Å². The normalized spacial score (nSPS) is 31.1. The molecule has 0 aromatic heterocycles. The molecule has 0 amide bonds. The van der Waals surface area contributed by atoms with Crippen LogP contribution in [0.3, 0.4) is 0 Å². The van der Waals surface area contributed by atoms with Crippen molar-refractivity contribution in [3.8, 4) is 0 Å². The third kappa shape index (κ3) is 2.70. The lowest BCUT2D eigenvalue weighted by Crippen LogP contribution is -2.09. The molecule has 0 aliphatic heterocycles. The van der Waals surface area contributed by atoms with Gasteiger partial charge in [0.05, 0.1) is 0 Å². The summed E-state index contributed by atoms with van der Waals surface area (Å²) < 4.78 is 0. The first-order valence-electron chi connectivity index (χ1n) is 4.96. The summed E-state index contributed by atoms with van der Waals surface area (Å²) >= 11 is 2.12. The van der Waals surface area contributed by atoms with E-state index in [-0.39, 0.29) is 0 Å². The van der Waals surface area contributed by atoms with Crippen molar-refractivity contribution in [2.24, 2.45) is 11.8 Å². The van der Waals surface area contributed by atoms with Gasteiger partial charge in [-0.15, -0.1) is 0 Å². The summed E-state index contributed by atoms with van der Waals surface area (Å²) in [5.74, 6) is 4.85. The quantitative estimate of drug-likeness (QED) is 0.625. The first kappa shape index (κ1) is 9.44. The molecule has 2 unspecified atom stereocenters. The van der Waals surface area contributed by atoms with Gasteiger partial charge in [0.15, 0.2) is 0 Å². The van der Waals surface area contributed by atoms with Gasteiger partial charge in [-0.25, -0.2) is 0 Å². The second kappa shape index (κ2) is 5.08. The maximum absolute atomic E-state index is 2.35. The molecule has 1 fully saturated rings. The predicted octanol–water partition coefficient (Wildman–Crippen LogP) is 3.57. The Hall–Kier alpha value is 0.350. The minimum absolute atomic E-state index is 1.06. The molecular weight excluding hydrogens is 152 g/mol. The van der Waals surface area contributed by atoms with Gasteiger partial charge >= 0.3 is 0 Å². The van der Waals surface area contributed by atoms with E-state index in [0.717, 1.165) is 11.8 Å². The average Bonchev–Trinajstić information content (AvgIpc) is 2.47. The van der Waals surface area contributed by atoms with Crippen LogP contribution in [-0.4, -0.2) is 11.5 Å². The van der Waals surface area contributed by atoms with Gasteiger partial charge in [-0.2, -0.15) is 11.8 Å². The molecule has 0 spiro atoms. The molecule has 0 radical (unpaired) electrons. The van der Waals surface area contributed by atoms with Crippen molar-refractivity contribution in [3.63, 3.8) is 0 Å². The van der Waals surface area contributed by atoms with Crippen LogP contribution in [0.1, 0.15) is 39.5 Å². The number of rotatable bonds is 4. The van der Waals surface area contributed by atoms with E-state index in [1.807, 2.05) is 0 Å². The Labute approximate surface area is 75.1 Å². The summed E-state index contributed by atoms with van der Waals surface area (Å²) in [6.07, 6.45) is 5.92. The van der Waals surface area contributed by atoms with Crippen molar-refractivity contribution in [2.75, 3.05) is 11.5 Å². The SMILES string of the molecule is CCSCC1CCCC1CC. The summed E-state index contributed by atoms with van der Waals surface area (Å²) in [6.45, 7) is 4.61. The Kier molecular flexibility index (Phi) is 4.36. The zero-order valence-electron chi connectivity index (χ0n) is 7.81. The van der Waals surface area contributed by atoms with E-state index < -0.39 is 0 Å². The van der Waals surface area contributed by atoms with Crippen molar-refractivity contribution in [1.82, 2.24) is 0 Å². The molecule has 0 heterocycles. The smallest absolute Gasteiger partial charge is 0.00366 e. The molecule has 0 nitrogen and oxygen atoms in total. The van der Waals surface area contributed by atoms with Crippen molar-refractivity contribution < 1.29 is 0 Å². The molecule has 1 aliphatic rings. The van der Waals surface area contributed by atoms with Gasteiger partial charge in [0.25, 0.3) is 0 Å². The molecular formula is C10H20S. The lowest BCUT2D eigenvalue weighted by atomic mass is 9.96. The first-order valence-corrected chi connectivity index (χ1v) is 6.11. The molecule has 0 bridgehead atoms. The topological polar surface area (TPSA) is 0 Å². The van der Waals surface area contributed by atoms with Gasteiger partial charge < -0.3 is 0 Å². The maximum atomic E-state index is 2.35. The van der Waals surface area contributed by atoms with Crippen LogP contribution in [0.5, 0.6) is 0 Å². The monoisotopic (exact) mass is 172 g/mol. The zero-order chi connectivity index (χ0) is 8.10. The summed E-state index contributed by atoms with van der Waals surface area (Å²) in [7, 11) is 0. The highest BCUT2D eigenvalue weighted by molar-refractivity contribution is 7.99. The molecule has 0 aromatic rings. The van der Waals surface area contributed by atoms with Crippen molar-refractivity contribution >= 4 is 11.8 Å². The van der Waals surface area contributed by atoms with Crippen molar-refractivity contribution in [3.05, 3.63) is 0 Å². The van der Waals surface area contributed by atoms with Crippen LogP contribution in [0.4, 0.5) is 0 Å². The minimum atomic E-state index is 1.06. The van der Waals surface area contributed by atoms with Crippen molar-refractivity contribution in [1.29, 1.82) is 0 Å². The van der Waals surface area contributed by atoms with E-state index in [0.29, 0.717) is 0 Å². The fourth-order valence-electron chi connectivity index (χ4n) is 2.14. The lowest BCUT2D eigenvalue weighted by molar-refractivity contribution is 0.413. The van der Waals surface area contributed by atoms with Crippen LogP contribution in [-0.2, 0) is 0 Å². The van der Waals surface area contributed by atoms with Crippen LogP contribution >= 0.6 is 11.8 Å². The van der Waals surface area contributed by atoms with Gasteiger partial charge in [0.1, 0.15) is 0 Å². The number of hydrogen-bond donors (Lipinski definition) is 0. The van der Waals surface area contributed by atoms with E-state index in [1.54, 1.807) is 0 Å². The molecule has 0 N–H and O–H groups in total. The third-order valence-electron chi connectivity index (χ3n) is 2.88. The molecule has 2 atom stereocenters. The fraction of sp³-hybridized carbons (Fsp3) is 1.00. The third-order valence-corrected chi connectivity index (χ3v) is 3.95. The van der Waals surface area contributed by atoms with Crippen LogP contribution in [0, 0.1) is 11.8 Å². The average molecular weight is 172 g/mol. The Morgan fingerprint density at radius 1 is 1.18 bits per heavy atom. The highest BCUT2D eigenvalue weighted by Crippen LogP contribution is 2.35. The standard InChI is InChI=1S/C10H20S/c1-3-9-6-5-7-10(9)8-11-4-2/h9-10H,3-8H2,1-2H3. The molecule has 1 rings (SSSR count). The fourth-order valence-corrected chi connectivity index (χ4v) is 3.12. The predicted molar refractivity (Wildman–Crippen MR) is 54.1 cm³/mol. The lowest BCUT2D eigenvalue weighted by Gasteiger charge is -2.16. The minimum Gasteiger partial charge on any atom is -0.162 e. The van der Waals surface area contributed by atoms with E-state index >= 15 is 0 Å². The van der Waals surface area contributed by atoms with Gasteiger partial charge in [0.2, 0.25) is 0 Å². The van der Waals surface area contributed by atoms with Crippen LogP contribution < -0.4 is 0 Å². The Bertz CT molecular complexity index is 101. The highest BCUT2D eigenvalue weighted by atomic mass is 32.2. The van der Waals surface area contributed by atoms with Gasteiger partial charge in [0, 0.05) is 0 Å². The van der Waals surface area contributed by atoms with Crippen LogP contribution in [0.15, 0.2) is 0 Å². The van der Waals surface area contributed by atoms with Gasteiger partial charge in [-0.3, -0.25) is 0 Å². The zero-order valence-corrected chi connectivity index (χ0v) is 8.62. The van der Waals surface area contributed by atoms with Crippen LogP contribution in [0.25, 0.3) is 0 Å². The summed E-state index contributed by atoms with van der Waals surface area (Å²) in [5, 5.41) is 0. The number of hydrogen-bond acceptors (Lipinski definition) is 1. The molecule has 0 aromatic carbocycles. The largest absolute Gasteiger partial charge is 0.162 e. The first-order chi connectivity index (χ1) is 5.38. The molecule has 1 aliphatic carbocycles. The Morgan fingerprint density at radius 3 is 2.55 bits per heavy atom. The van der Waals surface area contributed by atoms with Crippen molar-refractivity contribution in [2.45, 2.75) is 39.5 Å². The second-order valence-electron chi connectivity index (χ2n) is 3.52. The molecule has 1 saturated carbocycles. The van der Waals surface area contributed by atoms with E-state index in [9.17, 15) is 0 Å². The van der Waals surface area contributed by atoms with Crippen LogP contribution in [0.2, 0.25) is 0 Å². The molecule has 1 heteroatoms. The highest BCUT2D eigenvalue weighted by Gasteiger charge is 2.24. The number of thioether (sulfide) groups is 1. The molecule has 0 saturated heterocycles. The van der Waals surface area contributed by atoms with E-state index in [4.69, 9.17) is 0 Å². The summed E-state index contributed by atoms with van der Waals surface area (Å²) in [5.41, 5.74) is 0. The summed E-state index contributed by atoms with van der Waals surface area (Å²) in [6, 6.07) is 0. The Morgan fingerprint density at radius 2 is 1.91 bits per heavy atom. The second-order valence-corrected chi connectivity index (χ2v) is 4.84. The van der Waals surface area contributed by atoms with E-state index in [2.05, 4.69) is 25.6 Å². The Balaban J connectivity index is 2.20. The summed E-state index contributed by atoms with van der Waals surface area (Å²) in [4.78, 5) is 0. The van der Waals surface area contributed by atoms with Gasteiger partial charge in [-0.1, -0.05) is 33.1 Å². The molecule has 66 valence electrons. The maximum Gasteiger partial charge on any atom is -0.00366 e.